The summed E-state index contributed by atoms with van der Waals surface area (Å²) in [6, 6.07) is 7.85. The maximum absolute atomic E-state index is 12.9. The summed E-state index contributed by atoms with van der Waals surface area (Å²) in [4.78, 5) is 14.9. The summed E-state index contributed by atoms with van der Waals surface area (Å²) < 4.78 is 11.8. The molecule has 2 aliphatic rings. The van der Waals surface area contributed by atoms with Crippen LogP contribution in [0.5, 0.6) is 11.5 Å². The molecule has 1 saturated carbocycles. The molecule has 24 heavy (non-hydrogen) atoms. The molecule has 5 heteroatoms. The molecule has 0 aromatic heterocycles. The minimum Gasteiger partial charge on any atom is -0.486 e. The second-order valence-electron chi connectivity index (χ2n) is 6.91. The summed E-state index contributed by atoms with van der Waals surface area (Å²) in [6.07, 6.45) is 4.67. The Hall–Kier alpha value is -1.75. The summed E-state index contributed by atoms with van der Waals surface area (Å²) >= 11 is 0. The van der Waals surface area contributed by atoms with Crippen LogP contribution in [0, 0.1) is 5.92 Å². The molecule has 2 N–H and O–H groups in total. The first-order valence-corrected chi connectivity index (χ1v) is 9.10. The lowest BCUT2D eigenvalue weighted by Crippen LogP contribution is -2.47. The first kappa shape index (κ1) is 17.1. The van der Waals surface area contributed by atoms with Crippen molar-refractivity contribution < 1.29 is 14.3 Å². The monoisotopic (exact) mass is 332 g/mol. The Morgan fingerprint density at radius 2 is 2.08 bits per heavy atom. The van der Waals surface area contributed by atoms with Gasteiger partial charge in [-0.2, -0.15) is 0 Å². The Morgan fingerprint density at radius 3 is 2.83 bits per heavy atom. The van der Waals surface area contributed by atoms with Gasteiger partial charge in [-0.15, -0.1) is 0 Å². The summed E-state index contributed by atoms with van der Waals surface area (Å²) in [5.41, 5.74) is 6.06. The minimum atomic E-state index is -0.118. The second-order valence-corrected chi connectivity index (χ2v) is 6.91. The van der Waals surface area contributed by atoms with Crippen molar-refractivity contribution >= 4 is 5.91 Å². The third kappa shape index (κ3) is 4.01. The van der Waals surface area contributed by atoms with E-state index in [1.807, 2.05) is 29.2 Å². The van der Waals surface area contributed by atoms with E-state index in [4.69, 9.17) is 15.2 Å². The average molecular weight is 332 g/mol. The first-order valence-electron chi connectivity index (χ1n) is 9.10. The number of rotatable bonds is 5. The number of amides is 1. The van der Waals surface area contributed by atoms with E-state index in [1.54, 1.807) is 0 Å². The van der Waals surface area contributed by atoms with Crippen molar-refractivity contribution in [3.05, 3.63) is 24.3 Å². The van der Waals surface area contributed by atoms with E-state index in [9.17, 15) is 4.79 Å². The van der Waals surface area contributed by atoms with Crippen molar-refractivity contribution in [2.24, 2.45) is 11.7 Å². The molecule has 1 heterocycles. The Kier molecular flexibility index (Phi) is 5.61. The lowest BCUT2D eigenvalue weighted by Gasteiger charge is -2.34. The van der Waals surface area contributed by atoms with Gasteiger partial charge in [0.05, 0.1) is 6.54 Å². The predicted molar refractivity (Wildman–Crippen MR) is 93.2 cm³/mol. The molecule has 1 aromatic carbocycles. The highest BCUT2D eigenvalue weighted by molar-refractivity contribution is 5.79. The third-order valence-corrected chi connectivity index (χ3v) is 4.86. The molecular formula is C19H28N2O3. The molecule has 1 amide bonds. The van der Waals surface area contributed by atoms with Crippen LogP contribution in [0.1, 0.15) is 39.0 Å². The number of hydrogen-bond acceptors (Lipinski definition) is 4. The van der Waals surface area contributed by atoms with Gasteiger partial charge in [-0.25, -0.2) is 0 Å². The van der Waals surface area contributed by atoms with Crippen LogP contribution in [0.25, 0.3) is 0 Å². The van der Waals surface area contributed by atoms with E-state index in [0.717, 1.165) is 50.1 Å². The lowest BCUT2D eigenvalue weighted by atomic mass is 9.85. The summed E-state index contributed by atoms with van der Waals surface area (Å²) in [5.74, 6) is 1.84. The highest BCUT2D eigenvalue weighted by Crippen LogP contribution is 2.31. The topological polar surface area (TPSA) is 64.8 Å². The Labute approximate surface area is 144 Å². The van der Waals surface area contributed by atoms with Gasteiger partial charge in [-0.3, -0.25) is 4.79 Å². The zero-order valence-corrected chi connectivity index (χ0v) is 14.4. The van der Waals surface area contributed by atoms with Crippen LogP contribution in [0.3, 0.4) is 0 Å². The van der Waals surface area contributed by atoms with Gasteiger partial charge in [0.2, 0.25) is 5.91 Å². The van der Waals surface area contributed by atoms with E-state index in [2.05, 4.69) is 6.92 Å². The fourth-order valence-corrected chi connectivity index (χ4v) is 3.67. The second kappa shape index (κ2) is 7.88. The molecule has 1 aromatic rings. The molecule has 0 radical (unpaired) electrons. The number of hydrogen-bond donors (Lipinski definition) is 1. The molecule has 0 saturated heterocycles. The van der Waals surface area contributed by atoms with Crippen LogP contribution in [-0.2, 0) is 4.79 Å². The molecule has 3 atom stereocenters. The molecule has 1 aliphatic heterocycles. The number of benzene rings is 1. The van der Waals surface area contributed by atoms with Crippen LogP contribution >= 0.6 is 0 Å². The summed E-state index contributed by atoms with van der Waals surface area (Å²) in [6.45, 7) is 3.91. The van der Waals surface area contributed by atoms with Crippen molar-refractivity contribution in [2.75, 3.05) is 19.7 Å². The van der Waals surface area contributed by atoms with Gasteiger partial charge in [-0.1, -0.05) is 25.5 Å². The summed E-state index contributed by atoms with van der Waals surface area (Å²) in [5, 5.41) is 0. The number of carbonyl (C=O) groups excluding carboxylic acids is 1. The quantitative estimate of drug-likeness (QED) is 0.900. The van der Waals surface area contributed by atoms with E-state index in [0.29, 0.717) is 13.2 Å². The van der Waals surface area contributed by atoms with Crippen molar-refractivity contribution in [1.82, 2.24) is 4.90 Å². The molecule has 3 unspecified atom stereocenters. The number of fused-ring (bicyclic) bond motifs is 1. The normalized spacial score (nSPS) is 26.0. The molecule has 1 fully saturated rings. The number of carbonyl (C=O) groups is 1. The fourth-order valence-electron chi connectivity index (χ4n) is 3.67. The van der Waals surface area contributed by atoms with Gasteiger partial charge in [0.1, 0.15) is 6.61 Å². The highest BCUT2D eigenvalue weighted by Gasteiger charge is 2.31. The van der Waals surface area contributed by atoms with Crippen molar-refractivity contribution in [3.8, 4) is 11.5 Å². The molecule has 0 bridgehead atoms. The highest BCUT2D eigenvalue weighted by atomic mass is 16.6. The maximum Gasteiger partial charge on any atom is 0.225 e. The largest absolute Gasteiger partial charge is 0.486 e. The third-order valence-electron chi connectivity index (χ3n) is 4.86. The van der Waals surface area contributed by atoms with Crippen molar-refractivity contribution in [2.45, 2.75) is 51.2 Å². The van der Waals surface area contributed by atoms with Crippen LogP contribution < -0.4 is 15.2 Å². The smallest absolute Gasteiger partial charge is 0.225 e. The standard InChI is InChI=1S/C19H28N2O3/c1-2-10-21(19(22)14-6-5-7-15(20)11-14)12-16-13-23-17-8-3-4-9-18(17)24-16/h3-4,8-9,14-16H,2,5-7,10-13,20H2,1H3. The maximum atomic E-state index is 12.9. The molecule has 132 valence electrons. The van der Waals surface area contributed by atoms with Crippen LogP contribution in [-0.4, -0.2) is 42.6 Å². The van der Waals surface area contributed by atoms with Crippen molar-refractivity contribution in [1.29, 1.82) is 0 Å². The fraction of sp³-hybridized carbons (Fsp3) is 0.632. The number of nitrogens with zero attached hydrogens (tertiary/aromatic N) is 1. The minimum absolute atomic E-state index is 0.0668. The van der Waals surface area contributed by atoms with Crippen molar-refractivity contribution in [3.63, 3.8) is 0 Å². The number of nitrogens with two attached hydrogens (primary N) is 1. The van der Waals surface area contributed by atoms with Gasteiger partial charge < -0.3 is 20.1 Å². The van der Waals surface area contributed by atoms with Gasteiger partial charge in [0, 0.05) is 18.5 Å². The zero-order chi connectivity index (χ0) is 16.9. The number of para-hydroxylation sites is 2. The van der Waals surface area contributed by atoms with Crippen LogP contribution in [0.2, 0.25) is 0 Å². The Morgan fingerprint density at radius 1 is 1.29 bits per heavy atom. The molecule has 3 rings (SSSR count). The van der Waals surface area contributed by atoms with Gasteiger partial charge in [-0.05, 0) is 37.8 Å². The van der Waals surface area contributed by atoms with Crippen LogP contribution in [0.4, 0.5) is 0 Å². The van der Waals surface area contributed by atoms with E-state index < -0.39 is 0 Å². The molecule has 0 spiro atoms. The van der Waals surface area contributed by atoms with E-state index >= 15 is 0 Å². The summed E-state index contributed by atoms with van der Waals surface area (Å²) in [7, 11) is 0. The lowest BCUT2D eigenvalue weighted by molar-refractivity contribution is -0.138. The molecular weight excluding hydrogens is 304 g/mol. The van der Waals surface area contributed by atoms with Gasteiger partial charge in [0.25, 0.3) is 0 Å². The zero-order valence-electron chi connectivity index (χ0n) is 14.4. The van der Waals surface area contributed by atoms with Gasteiger partial charge in [0.15, 0.2) is 17.6 Å². The number of ether oxygens (including phenoxy) is 2. The predicted octanol–water partition coefficient (Wildman–Crippen LogP) is 2.58. The SMILES string of the molecule is CCCN(CC1COc2ccccc2O1)C(=O)C1CCCC(N)C1. The van der Waals surface area contributed by atoms with E-state index in [-0.39, 0.29) is 24.0 Å². The van der Waals surface area contributed by atoms with E-state index in [1.165, 1.54) is 0 Å². The molecule has 5 nitrogen and oxygen atoms in total. The van der Waals surface area contributed by atoms with Crippen LogP contribution in [0.15, 0.2) is 24.3 Å². The Balaban J connectivity index is 1.63. The molecule has 1 aliphatic carbocycles. The van der Waals surface area contributed by atoms with Gasteiger partial charge >= 0.3 is 0 Å². The Bertz CT molecular complexity index is 563. The average Bonchev–Trinajstić information content (AvgIpc) is 2.60. The first-order chi connectivity index (χ1) is 11.7.